The van der Waals surface area contributed by atoms with E-state index < -0.39 is 6.10 Å². The van der Waals surface area contributed by atoms with Gasteiger partial charge < -0.3 is 36.6 Å². The molecule has 0 spiro atoms. The van der Waals surface area contributed by atoms with Crippen molar-refractivity contribution in [1.29, 1.82) is 0 Å². The minimum absolute atomic E-state index is 0. The van der Waals surface area contributed by atoms with Crippen LogP contribution in [0.5, 0.6) is 11.5 Å². The standard InChI is InChI=1S/C22H27FN2O4.ClH/c23-17-5-7-18(8-6-17)25-11-9-24(10-12-25)13-19(26)14-27-15-20-16-28-21-3-1-2-4-22(21)29-20;/h1-8,19-20,26H,9-16H2;1H/p-1. The fraction of sp³-hybridized carbons (Fsp3) is 0.455. The molecule has 2 atom stereocenters. The number of piperazine rings is 1. The SMILES string of the molecule is OC(COCC1COc2ccccc2O1)CN1CCN(c2ccc(F)cc2)CC1.[Cl-]. The highest BCUT2D eigenvalue weighted by Crippen LogP contribution is 2.30. The predicted octanol–water partition coefficient (Wildman–Crippen LogP) is -0.831. The second-order valence-corrected chi connectivity index (χ2v) is 7.45. The van der Waals surface area contributed by atoms with Crippen LogP contribution >= 0.6 is 0 Å². The van der Waals surface area contributed by atoms with Gasteiger partial charge in [-0.25, -0.2) is 4.39 Å². The zero-order valence-electron chi connectivity index (χ0n) is 16.8. The molecule has 30 heavy (non-hydrogen) atoms. The summed E-state index contributed by atoms with van der Waals surface area (Å²) < 4.78 is 30.3. The predicted molar refractivity (Wildman–Crippen MR) is 108 cm³/mol. The average Bonchev–Trinajstić information content (AvgIpc) is 2.75. The van der Waals surface area contributed by atoms with Crippen LogP contribution in [-0.4, -0.2) is 74.8 Å². The second-order valence-electron chi connectivity index (χ2n) is 7.45. The highest BCUT2D eigenvalue weighted by molar-refractivity contribution is 5.46. The lowest BCUT2D eigenvalue weighted by Crippen LogP contribution is -3.00. The zero-order valence-corrected chi connectivity index (χ0v) is 17.5. The lowest BCUT2D eigenvalue weighted by molar-refractivity contribution is -0.0292. The Bertz CT molecular complexity index is 787. The Kier molecular flexibility index (Phi) is 8.16. The largest absolute Gasteiger partial charge is 1.00 e. The van der Waals surface area contributed by atoms with Gasteiger partial charge in [0.25, 0.3) is 0 Å². The smallest absolute Gasteiger partial charge is 0.161 e. The Hall–Kier alpha value is -2.06. The van der Waals surface area contributed by atoms with Crippen LogP contribution in [0.25, 0.3) is 0 Å². The number of rotatable bonds is 7. The fourth-order valence-corrected chi connectivity index (χ4v) is 3.67. The molecule has 2 aromatic rings. The summed E-state index contributed by atoms with van der Waals surface area (Å²) >= 11 is 0. The number of halogens is 2. The lowest BCUT2D eigenvalue weighted by atomic mass is 10.2. The molecule has 1 N–H and O–H groups in total. The number of ether oxygens (including phenoxy) is 3. The molecule has 164 valence electrons. The van der Waals surface area contributed by atoms with E-state index in [0.29, 0.717) is 19.8 Å². The van der Waals surface area contributed by atoms with Crippen LogP contribution in [0.4, 0.5) is 10.1 Å². The van der Waals surface area contributed by atoms with Crippen molar-refractivity contribution in [3.63, 3.8) is 0 Å². The van der Waals surface area contributed by atoms with Crippen molar-refractivity contribution in [2.75, 3.05) is 57.4 Å². The van der Waals surface area contributed by atoms with E-state index in [0.717, 1.165) is 43.4 Å². The van der Waals surface area contributed by atoms with Gasteiger partial charge >= 0.3 is 0 Å². The van der Waals surface area contributed by atoms with E-state index in [2.05, 4.69) is 9.80 Å². The molecule has 0 bridgehead atoms. The minimum atomic E-state index is -0.552. The number of nitrogens with zero attached hydrogens (tertiary/aromatic N) is 2. The van der Waals surface area contributed by atoms with E-state index >= 15 is 0 Å². The van der Waals surface area contributed by atoms with Crippen molar-refractivity contribution in [2.45, 2.75) is 12.2 Å². The van der Waals surface area contributed by atoms with E-state index in [-0.39, 0.29) is 30.9 Å². The average molecular weight is 438 g/mol. The first-order valence-electron chi connectivity index (χ1n) is 10.0. The molecule has 6 nitrogen and oxygen atoms in total. The van der Waals surface area contributed by atoms with Gasteiger partial charge in [-0.2, -0.15) is 0 Å². The normalized spacial score (nSPS) is 19.8. The molecule has 2 unspecified atom stereocenters. The maximum absolute atomic E-state index is 13.1. The molecule has 2 aliphatic rings. The summed E-state index contributed by atoms with van der Waals surface area (Å²) in [5.74, 6) is 1.26. The van der Waals surface area contributed by atoms with Crippen LogP contribution in [0.3, 0.4) is 0 Å². The summed E-state index contributed by atoms with van der Waals surface area (Å²) in [7, 11) is 0. The molecule has 0 aromatic heterocycles. The van der Waals surface area contributed by atoms with Crippen LogP contribution in [-0.2, 0) is 4.74 Å². The number of anilines is 1. The zero-order chi connectivity index (χ0) is 20.1. The number of para-hydroxylation sites is 2. The van der Waals surface area contributed by atoms with Gasteiger partial charge in [-0.3, -0.25) is 4.90 Å². The maximum Gasteiger partial charge on any atom is 0.161 e. The van der Waals surface area contributed by atoms with Crippen LogP contribution in [0, 0.1) is 5.82 Å². The number of aliphatic hydroxyl groups is 1. The van der Waals surface area contributed by atoms with Gasteiger partial charge in [-0.1, -0.05) is 12.1 Å². The molecule has 8 heteroatoms. The van der Waals surface area contributed by atoms with Crippen LogP contribution < -0.4 is 26.8 Å². The quantitative estimate of drug-likeness (QED) is 0.610. The van der Waals surface area contributed by atoms with E-state index in [1.165, 1.54) is 12.1 Å². The molecule has 4 rings (SSSR count). The highest BCUT2D eigenvalue weighted by Gasteiger charge is 2.22. The van der Waals surface area contributed by atoms with Gasteiger partial charge in [-0.05, 0) is 36.4 Å². The van der Waals surface area contributed by atoms with Gasteiger partial charge in [0.2, 0.25) is 0 Å². The van der Waals surface area contributed by atoms with Gasteiger partial charge in [0.1, 0.15) is 12.4 Å². The van der Waals surface area contributed by atoms with Crippen molar-refractivity contribution >= 4 is 5.69 Å². The summed E-state index contributed by atoms with van der Waals surface area (Å²) in [6.45, 7) is 5.07. The highest BCUT2D eigenvalue weighted by atomic mass is 35.5. The van der Waals surface area contributed by atoms with Crippen LogP contribution in [0.2, 0.25) is 0 Å². The Balaban J connectivity index is 0.00000256. The minimum Gasteiger partial charge on any atom is -1.00 e. The molecule has 2 heterocycles. The molecule has 0 amide bonds. The molecule has 2 aliphatic heterocycles. The Morgan fingerprint density at radius 3 is 2.47 bits per heavy atom. The number of aliphatic hydroxyl groups excluding tert-OH is 1. The number of hydrogen-bond donors (Lipinski definition) is 1. The third-order valence-electron chi connectivity index (χ3n) is 5.21. The molecule has 0 aliphatic carbocycles. The summed E-state index contributed by atoms with van der Waals surface area (Å²) in [5, 5.41) is 10.3. The second kappa shape index (κ2) is 10.8. The van der Waals surface area contributed by atoms with Crippen molar-refractivity contribution in [2.24, 2.45) is 0 Å². The van der Waals surface area contributed by atoms with Gasteiger partial charge in [0.15, 0.2) is 17.6 Å². The summed E-state index contributed by atoms with van der Waals surface area (Å²) in [4.78, 5) is 4.46. The maximum atomic E-state index is 13.1. The summed E-state index contributed by atoms with van der Waals surface area (Å²) in [6.07, 6.45) is -0.722. The lowest BCUT2D eigenvalue weighted by Gasteiger charge is -2.37. The molecule has 0 saturated carbocycles. The van der Waals surface area contributed by atoms with Crippen LogP contribution in [0.15, 0.2) is 48.5 Å². The number of fused-ring (bicyclic) bond motifs is 1. The Morgan fingerprint density at radius 1 is 1.03 bits per heavy atom. The third kappa shape index (κ3) is 5.98. The van der Waals surface area contributed by atoms with Crippen molar-refractivity contribution in [3.8, 4) is 11.5 Å². The Morgan fingerprint density at radius 2 is 1.73 bits per heavy atom. The molecule has 2 aromatic carbocycles. The van der Waals surface area contributed by atoms with Gasteiger partial charge in [-0.15, -0.1) is 0 Å². The monoisotopic (exact) mass is 437 g/mol. The van der Waals surface area contributed by atoms with E-state index in [4.69, 9.17) is 14.2 Å². The Labute approximate surface area is 182 Å². The molecular weight excluding hydrogens is 411 g/mol. The van der Waals surface area contributed by atoms with Crippen LogP contribution in [0.1, 0.15) is 0 Å². The first-order chi connectivity index (χ1) is 14.2. The number of hydrogen-bond acceptors (Lipinski definition) is 6. The van der Waals surface area contributed by atoms with Crippen molar-refractivity contribution in [3.05, 3.63) is 54.3 Å². The first-order valence-corrected chi connectivity index (χ1v) is 10.0. The first kappa shape index (κ1) is 22.6. The summed E-state index contributed by atoms with van der Waals surface area (Å²) in [6, 6.07) is 14.2. The van der Waals surface area contributed by atoms with E-state index in [1.54, 1.807) is 0 Å². The summed E-state index contributed by atoms with van der Waals surface area (Å²) in [5.41, 5.74) is 1.03. The topological polar surface area (TPSA) is 54.4 Å². The number of β-amino-alcohol motifs (C(OH)–C–C–N with tert-alkyl or cyclic N) is 1. The van der Waals surface area contributed by atoms with E-state index in [9.17, 15) is 9.50 Å². The van der Waals surface area contributed by atoms with Crippen molar-refractivity contribution in [1.82, 2.24) is 4.90 Å². The molecule has 1 fully saturated rings. The molecule has 0 radical (unpaired) electrons. The van der Waals surface area contributed by atoms with E-state index in [1.807, 2.05) is 36.4 Å². The number of benzene rings is 2. The van der Waals surface area contributed by atoms with Gasteiger partial charge in [0.05, 0.1) is 19.3 Å². The molecule has 1 saturated heterocycles. The molecular formula is C22H27ClFN2O4-. The third-order valence-corrected chi connectivity index (χ3v) is 5.21. The fourth-order valence-electron chi connectivity index (χ4n) is 3.67. The van der Waals surface area contributed by atoms with Crippen molar-refractivity contribution < 1.29 is 36.1 Å². The van der Waals surface area contributed by atoms with Gasteiger partial charge in [0, 0.05) is 38.4 Å².